The van der Waals surface area contributed by atoms with Crippen LogP contribution >= 0.6 is 11.3 Å². The van der Waals surface area contributed by atoms with Crippen molar-refractivity contribution in [2.45, 2.75) is 19.7 Å². The minimum atomic E-state index is -0.932. The monoisotopic (exact) mass is 531 g/mol. The Morgan fingerprint density at radius 2 is 1.63 bits per heavy atom. The number of carboxylic acids is 1. The molecule has 0 aliphatic rings. The van der Waals surface area contributed by atoms with Gasteiger partial charge in [-0.25, -0.2) is 14.8 Å². The number of anilines is 1. The molecule has 6 nitrogen and oxygen atoms in total. The Labute approximate surface area is 249 Å². The van der Waals surface area contributed by atoms with Gasteiger partial charge in [0.25, 0.3) is 0 Å². The molecule has 8 heteroatoms. The molecule has 38 heavy (non-hydrogen) atoms. The van der Waals surface area contributed by atoms with E-state index >= 15 is 0 Å². The van der Waals surface area contributed by atoms with Crippen molar-refractivity contribution in [3.8, 4) is 17.1 Å². The van der Waals surface area contributed by atoms with Crippen molar-refractivity contribution in [2.24, 2.45) is 0 Å². The molecule has 186 valence electrons. The molecule has 0 amide bonds. The van der Waals surface area contributed by atoms with Crippen LogP contribution in [0.1, 0.15) is 27.8 Å². The van der Waals surface area contributed by atoms with Crippen molar-refractivity contribution >= 4 is 23.1 Å². The molecule has 5 aromatic rings. The van der Waals surface area contributed by atoms with Crippen LogP contribution < -0.4 is 39.2 Å². The van der Waals surface area contributed by atoms with Gasteiger partial charge >= 0.3 is 35.5 Å². The number of benzene rings is 3. The second-order valence-corrected chi connectivity index (χ2v) is 9.51. The van der Waals surface area contributed by atoms with Crippen molar-refractivity contribution in [2.75, 3.05) is 4.90 Å². The number of rotatable bonds is 10. The second-order valence-electron chi connectivity index (χ2n) is 8.47. The van der Waals surface area contributed by atoms with E-state index in [0.29, 0.717) is 25.5 Å². The largest absolute Gasteiger partial charge is 1.00 e. The maximum atomic E-state index is 11.2. The third-order valence-electron chi connectivity index (χ3n) is 5.83. The Morgan fingerprint density at radius 1 is 0.868 bits per heavy atom. The molecule has 0 fully saturated rings. The van der Waals surface area contributed by atoms with Gasteiger partial charge in [-0.15, -0.1) is 11.3 Å². The average molecular weight is 532 g/mol. The Morgan fingerprint density at radius 3 is 2.32 bits per heavy atom. The zero-order chi connectivity index (χ0) is 25.5. The summed E-state index contributed by atoms with van der Waals surface area (Å²) in [7, 11) is 0. The van der Waals surface area contributed by atoms with Gasteiger partial charge in [0.05, 0.1) is 12.1 Å². The van der Waals surface area contributed by atoms with Crippen LogP contribution in [0.15, 0.2) is 109 Å². The number of thiophene rings is 1. The number of carboxylic acid groups (broad SMARTS) is 1. The summed E-state index contributed by atoms with van der Waals surface area (Å²) in [6, 6.07) is 30.9. The van der Waals surface area contributed by atoms with E-state index in [1.807, 2.05) is 78.9 Å². The molecule has 0 aliphatic heterocycles. The van der Waals surface area contributed by atoms with Gasteiger partial charge < -0.3 is 16.2 Å². The molecule has 0 saturated carbocycles. The summed E-state index contributed by atoms with van der Waals surface area (Å²) in [6.07, 6.45) is 1.77. The van der Waals surface area contributed by atoms with Crippen LogP contribution in [0.5, 0.6) is 5.75 Å². The Bertz CT molecular complexity index is 1450. The predicted molar refractivity (Wildman–Crippen MR) is 147 cm³/mol. The fraction of sp³-hybridized carbons (Fsp3) is 0.100. The van der Waals surface area contributed by atoms with Gasteiger partial charge in [0, 0.05) is 23.2 Å². The first-order valence-corrected chi connectivity index (χ1v) is 12.7. The van der Waals surface area contributed by atoms with E-state index in [2.05, 4.69) is 21.3 Å². The van der Waals surface area contributed by atoms with Gasteiger partial charge in [0.1, 0.15) is 18.2 Å². The van der Waals surface area contributed by atoms with Crippen molar-refractivity contribution in [1.29, 1.82) is 0 Å². The number of hydrogen-bond acceptors (Lipinski definition) is 6. The van der Waals surface area contributed by atoms with E-state index in [0.717, 1.165) is 28.3 Å². The zero-order valence-corrected chi connectivity index (χ0v) is 23.8. The van der Waals surface area contributed by atoms with Crippen LogP contribution in [0, 0.1) is 0 Å². The van der Waals surface area contributed by atoms with Crippen LogP contribution in [0.25, 0.3) is 11.4 Å². The topological polar surface area (TPSA) is 75.5 Å². The number of aromatic carboxylic acids is 1. The molecule has 2 heterocycles. The number of carbonyl (C=O) groups is 1. The molecule has 3 aromatic carbocycles. The van der Waals surface area contributed by atoms with Crippen molar-refractivity contribution < 1.29 is 45.6 Å². The minimum absolute atomic E-state index is 0. The standard InChI is InChI=1S/C30H25N3O3S.Na.H/c34-30(35)25-10-8-22(9-11-25)19-33(20-27-7-4-18-37-27)28-16-17-31-29(32-28)24-12-14-26(15-13-24)36-21-23-5-2-1-3-6-23;;/h1-18H,19-21H2,(H,34,35);;/q;+1;-1. The molecule has 0 unspecified atom stereocenters. The number of aromatic nitrogens is 2. The summed E-state index contributed by atoms with van der Waals surface area (Å²) in [6.45, 7) is 1.78. The normalized spacial score (nSPS) is 10.4. The molecule has 0 aliphatic carbocycles. The van der Waals surface area contributed by atoms with Gasteiger partial charge in [0.15, 0.2) is 5.82 Å². The van der Waals surface area contributed by atoms with E-state index in [9.17, 15) is 9.90 Å². The van der Waals surface area contributed by atoms with Crippen LogP contribution in [0.3, 0.4) is 0 Å². The summed E-state index contributed by atoms with van der Waals surface area (Å²) in [5.41, 5.74) is 3.29. The molecule has 0 spiro atoms. The second kappa shape index (κ2) is 13.3. The average Bonchev–Trinajstić information content (AvgIpc) is 3.46. The van der Waals surface area contributed by atoms with Crippen LogP contribution in [-0.4, -0.2) is 21.0 Å². The van der Waals surface area contributed by atoms with Gasteiger partial charge in [-0.3, -0.25) is 0 Å². The van der Waals surface area contributed by atoms with E-state index in [1.165, 1.54) is 4.88 Å². The smallest absolute Gasteiger partial charge is 1.00 e. The van der Waals surface area contributed by atoms with Gasteiger partial charge in [-0.2, -0.15) is 0 Å². The molecule has 1 N–H and O–H groups in total. The Hall–Kier alpha value is -3.49. The minimum Gasteiger partial charge on any atom is -1.00 e. The zero-order valence-electron chi connectivity index (χ0n) is 22.0. The summed E-state index contributed by atoms with van der Waals surface area (Å²) in [5, 5.41) is 11.3. The first-order valence-electron chi connectivity index (χ1n) is 11.8. The number of nitrogens with zero attached hydrogens (tertiary/aromatic N) is 3. The Kier molecular flexibility index (Phi) is 9.67. The molecule has 0 bridgehead atoms. The maximum absolute atomic E-state index is 11.2. The summed E-state index contributed by atoms with van der Waals surface area (Å²) in [5.74, 6) is 1.28. The first-order chi connectivity index (χ1) is 18.1. The van der Waals surface area contributed by atoms with Crippen LogP contribution in [-0.2, 0) is 19.7 Å². The summed E-state index contributed by atoms with van der Waals surface area (Å²) >= 11 is 1.69. The molecule has 0 atom stereocenters. The van der Waals surface area contributed by atoms with Crippen LogP contribution in [0.2, 0.25) is 0 Å². The molecule has 0 saturated heterocycles. The molecule has 5 rings (SSSR count). The van der Waals surface area contributed by atoms with E-state index < -0.39 is 5.97 Å². The third kappa shape index (κ3) is 7.30. The SMILES string of the molecule is O=C(O)c1ccc(CN(Cc2cccs2)c2ccnc(-c3ccc(OCc4ccccc4)cc3)n2)cc1.[H-].[Na+]. The van der Waals surface area contributed by atoms with E-state index in [1.54, 1.807) is 29.7 Å². The van der Waals surface area contributed by atoms with Crippen molar-refractivity contribution in [1.82, 2.24) is 9.97 Å². The molecular weight excluding hydrogens is 505 g/mol. The van der Waals surface area contributed by atoms with Crippen LogP contribution in [0.4, 0.5) is 5.82 Å². The van der Waals surface area contributed by atoms with Gasteiger partial charge in [0.2, 0.25) is 0 Å². The molecule has 0 radical (unpaired) electrons. The molecular formula is C30H26N3NaO3S. The van der Waals surface area contributed by atoms with Gasteiger partial charge in [-0.1, -0.05) is 48.5 Å². The summed E-state index contributed by atoms with van der Waals surface area (Å²) in [4.78, 5) is 24.0. The third-order valence-corrected chi connectivity index (χ3v) is 6.69. The fourth-order valence-corrected chi connectivity index (χ4v) is 4.61. The van der Waals surface area contributed by atoms with Crippen molar-refractivity contribution in [3.63, 3.8) is 0 Å². The van der Waals surface area contributed by atoms with Crippen molar-refractivity contribution in [3.05, 3.63) is 130 Å². The van der Waals surface area contributed by atoms with E-state index in [4.69, 9.17) is 9.72 Å². The fourth-order valence-electron chi connectivity index (χ4n) is 3.89. The van der Waals surface area contributed by atoms with Gasteiger partial charge in [-0.05, 0) is 65.0 Å². The maximum Gasteiger partial charge on any atom is 1.00 e. The quantitative estimate of drug-likeness (QED) is 0.276. The number of ether oxygens (including phenoxy) is 1. The summed E-state index contributed by atoms with van der Waals surface area (Å²) < 4.78 is 5.91. The number of hydrogen-bond donors (Lipinski definition) is 1. The van der Waals surface area contributed by atoms with E-state index in [-0.39, 0.29) is 36.5 Å². The first kappa shape index (κ1) is 27.5. The molecule has 2 aromatic heterocycles. The predicted octanol–water partition coefficient (Wildman–Crippen LogP) is 3.81. The Balaban J connectivity index is 0.00000210.